The summed E-state index contributed by atoms with van der Waals surface area (Å²) in [5, 5.41) is 3.35. The Labute approximate surface area is 277 Å². The molecule has 0 unspecified atom stereocenters. The third-order valence-corrected chi connectivity index (χ3v) is 9.32. The van der Waals surface area contributed by atoms with Crippen molar-refractivity contribution >= 4 is 39.1 Å². The van der Waals surface area contributed by atoms with Crippen LogP contribution in [0.3, 0.4) is 0 Å². The molecule has 4 aromatic rings. The van der Waals surface area contributed by atoms with Gasteiger partial charge >= 0.3 is 0 Å². The van der Waals surface area contributed by atoms with E-state index in [-0.39, 0.29) is 29.5 Å². The molecule has 0 aromatic heterocycles. The van der Waals surface area contributed by atoms with E-state index in [0.29, 0.717) is 21.9 Å². The van der Waals surface area contributed by atoms with E-state index >= 15 is 0 Å². The van der Waals surface area contributed by atoms with Crippen molar-refractivity contribution in [3.05, 3.63) is 125 Å². The van der Waals surface area contributed by atoms with Crippen LogP contribution in [-0.4, -0.2) is 50.4 Å². The van der Waals surface area contributed by atoms with Gasteiger partial charge in [0.1, 0.15) is 18.3 Å². The number of hydrogen-bond acceptors (Lipinski definition) is 5. The summed E-state index contributed by atoms with van der Waals surface area (Å²) < 4.78 is 34.9. The lowest BCUT2D eigenvalue weighted by atomic mass is 10.0. The molecule has 1 N–H and O–H groups in total. The Morgan fingerprint density at radius 2 is 1.50 bits per heavy atom. The lowest BCUT2D eigenvalue weighted by Gasteiger charge is -2.35. The molecule has 0 saturated carbocycles. The summed E-state index contributed by atoms with van der Waals surface area (Å²) >= 11 is 6.35. The van der Waals surface area contributed by atoms with Crippen molar-refractivity contribution in [1.29, 1.82) is 0 Å². The summed E-state index contributed by atoms with van der Waals surface area (Å²) in [5.74, 6) is -0.331. The SMILES string of the molecule is COc1cccc(CN(C(=O)CN(c2cc(Cl)ccc2C)S(=O)(=O)c2ccccc2)[C@H](Cc2ccccc2)C(=O)NC(C)(C)C)c1. The van der Waals surface area contributed by atoms with Gasteiger partial charge in [0.2, 0.25) is 11.8 Å². The third-order valence-electron chi connectivity index (χ3n) is 7.31. The van der Waals surface area contributed by atoms with Crippen molar-refractivity contribution in [1.82, 2.24) is 10.2 Å². The Hall–Kier alpha value is -4.34. The van der Waals surface area contributed by atoms with Gasteiger partial charge in [-0.1, -0.05) is 78.3 Å². The zero-order chi connectivity index (χ0) is 33.5. The molecule has 242 valence electrons. The standard InChI is InChI=1S/C36H40ClN3O5S/c1-26-19-20-29(37)23-32(26)40(46(43,44)31-17-10-7-11-18-31)25-34(41)39(24-28-15-12-16-30(21-28)45-5)33(35(42)38-36(2,3)4)22-27-13-8-6-9-14-27/h6-21,23,33H,22,24-25H2,1-5H3,(H,38,42)/t33-/m1/s1. The van der Waals surface area contributed by atoms with Crippen LogP contribution in [0.5, 0.6) is 5.75 Å². The summed E-state index contributed by atoms with van der Waals surface area (Å²) in [6, 6.07) is 28.5. The summed E-state index contributed by atoms with van der Waals surface area (Å²) in [4.78, 5) is 30.1. The maximum Gasteiger partial charge on any atom is 0.264 e. The molecule has 0 radical (unpaired) electrons. The van der Waals surface area contributed by atoms with Crippen LogP contribution in [0.25, 0.3) is 0 Å². The highest BCUT2D eigenvalue weighted by molar-refractivity contribution is 7.92. The zero-order valence-corrected chi connectivity index (χ0v) is 28.3. The van der Waals surface area contributed by atoms with E-state index in [2.05, 4.69) is 5.32 Å². The van der Waals surface area contributed by atoms with Crippen LogP contribution in [0.15, 0.2) is 108 Å². The highest BCUT2D eigenvalue weighted by Crippen LogP contribution is 2.30. The quantitative estimate of drug-likeness (QED) is 0.189. The van der Waals surface area contributed by atoms with E-state index < -0.39 is 34.1 Å². The molecule has 8 nitrogen and oxygen atoms in total. The number of carbonyl (C=O) groups excluding carboxylic acids is 2. The molecule has 0 aliphatic rings. The number of amides is 2. The highest BCUT2D eigenvalue weighted by Gasteiger charge is 2.36. The van der Waals surface area contributed by atoms with Crippen molar-refractivity contribution in [3.63, 3.8) is 0 Å². The van der Waals surface area contributed by atoms with Gasteiger partial charge in [0.25, 0.3) is 10.0 Å². The number of anilines is 1. The van der Waals surface area contributed by atoms with E-state index in [1.807, 2.05) is 57.2 Å². The molecular weight excluding hydrogens is 622 g/mol. The van der Waals surface area contributed by atoms with Crippen LogP contribution < -0.4 is 14.4 Å². The Balaban J connectivity index is 1.85. The number of nitrogens with zero attached hydrogens (tertiary/aromatic N) is 2. The minimum Gasteiger partial charge on any atom is -0.497 e. The minimum absolute atomic E-state index is 0.0211. The molecule has 0 spiro atoms. The van der Waals surface area contributed by atoms with Gasteiger partial charge in [0.15, 0.2) is 0 Å². The topological polar surface area (TPSA) is 96.0 Å². The number of halogens is 1. The van der Waals surface area contributed by atoms with E-state index in [9.17, 15) is 18.0 Å². The number of hydrogen-bond donors (Lipinski definition) is 1. The lowest BCUT2D eigenvalue weighted by Crippen LogP contribution is -2.56. The van der Waals surface area contributed by atoms with Crippen LogP contribution in [0.2, 0.25) is 5.02 Å². The molecule has 0 aliphatic heterocycles. The fraction of sp³-hybridized carbons (Fsp3) is 0.278. The van der Waals surface area contributed by atoms with Gasteiger partial charge in [-0.15, -0.1) is 0 Å². The van der Waals surface area contributed by atoms with E-state index in [0.717, 1.165) is 9.87 Å². The average Bonchev–Trinajstić information content (AvgIpc) is 3.02. The number of aryl methyl sites for hydroxylation is 1. The van der Waals surface area contributed by atoms with Gasteiger partial charge in [-0.3, -0.25) is 13.9 Å². The predicted molar refractivity (Wildman–Crippen MR) is 183 cm³/mol. The lowest BCUT2D eigenvalue weighted by molar-refractivity contribution is -0.140. The number of methoxy groups -OCH3 is 1. The molecule has 0 saturated heterocycles. The number of benzene rings is 4. The van der Waals surface area contributed by atoms with Gasteiger partial charge in [-0.05, 0) is 80.8 Å². The van der Waals surface area contributed by atoms with Crippen LogP contribution >= 0.6 is 11.6 Å². The molecule has 4 aromatic carbocycles. The van der Waals surface area contributed by atoms with Crippen LogP contribution in [0, 0.1) is 6.92 Å². The van der Waals surface area contributed by atoms with E-state index in [1.54, 1.807) is 62.6 Å². The molecule has 4 rings (SSSR count). The number of sulfonamides is 1. The van der Waals surface area contributed by atoms with Crippen molar-refractivity contribution in [2.24, 2.45) is 0 Å². The molecule has 0 fully saturated rings. The second-order valence-corrected chi connectivity index (χ2v) is 14.4. The number of carbonyl (C=O) groups is 2. The first kappa shape index (κ1) is 34.5. The molecular formula is C36H40ClN3O5S. The first-order chi connectivity index (χ1) is 21.8. The third kappa shape index (κ3) is 8.89. The summed E-state index contributed by atoms with van der Waals surface area (Å²) in [6.45, 7) is 6.82. The Bertz CT molecular complexity index is 1760. The first-order valence-electron chi connectivity index (χ1n) is 14.9. The normalized spacial score (nSPS) is 12.2. The summed E-state index contributed by atoms with van der Waals surface area (Å²) in [5.41, 5.74) is 1.86. The maximum absolute atomic E-state index is 14.6. The molecule has 46 heavy (non-hydrogen) atoms. The van der Waals surface area contributed by atoms with E-state index in [1.165, 1.54) is 23.1 Å². The smallest absolute Gasteiger partial charge is 0.264 e. The van der Waals surface area contributed by atoms with E-state index in [4.69, 9.17) is 16.3 Å². The van der Waals surface area contributed by atoms with Crippen LogP contribution in [-0.2, 0) is 32.6 Å². The Morgan fingerprint density at radius 3 is 2.13 bits per heavy atom. The molecule has 0 heterocycles. The van der Waals surface area contributed by atoms with Gasteiger partial charge in [-0.25, -0.2) is 8.42 Å². The summed E-state index contributed by atoms with van der Waals surface area (Å²) in [7, 11) is -2.68. The van der Waals surface area contributed by atoms with Crippen molar-refractivity contribution in [2.45, 2.75) is 57.1 Å². The van der Waals surface area contributed by atoms with Gasteiger partial charge < -0.3 is 15.0 Å². The average molecular weight is 662 g/mol. The first-order valence-corrected chi connectivity index (χ1v) is 16.7. The molecule has 10 heteroatoms. The predicted octanol–water partition coefficient (Wildman–Crippen LogP) is 6.41. The highest BCUT2D eigenvalue weighted by atomic mass is 35.5. The maximum atomic E-state index is 14.6. The molecule has 1 atom stereocenters. The minimum atomic E-state index is -4.23. The summed E-state index contributed by atoms with van der Waals surface area (Å²) in [6.07, 6.45) is 0.208. The van der Waals surface area contributed by atoms with Gasteiger partial charge in [0.05, 0.1) is 17.7 Å². The number of rotatable bonds is 12. The molecule has 2 amide bonds. The van der Waals surface area contributed by atoms with Gasteiger partial charge in [-0.2, -0.15) is 0 Å². The van der Waals surface area contributed by atoms with Crippen molar-refractivity contribution in [2.75, 3.05) is 18.0 Å². The van der Waals surface area contributed by atoms with Crippen molar-refractivity contribution in [3.8, 4) is 5.75 Å². The second-order valence-electron chi connectivity index (χ2n) is 12.1. The zero-order valence-electron chi connectivity index (χ0n) is 26.7. The number of nitrogens with one attached hydrogen (secondary N) is 1. The number of ether oxygens (including phenoxy) is 1. The fourth-order valence-electron chi connectivity index (χ4n) is 5.06. The van der Waals surface area contributed by atoms with Gasteiger partial charge in [0, 0.05) is 23.5 Å². The molecule has 0 aliphatic carbocycles. The Kier molecular flexibility index (Phi) is 11.1. The second kappa shape index (κ2) is 14.8. The van der Waals surface area contributed by atoms with Crippen molar-refractivity contribution < 1.29 is 22.7 Å². The Morgan fingerprint density at radius 1 is 0.870 bits per heavy atom. The van der Waals surface area contributed by atoms with Crippen LogP contribution in [0.4, 0.5) is 5.69 Å². The van der Waals surface area contributed by atoms with Crippen LogP contribution in [0.1, 0.15) is 37.5 Å². The molecule has 0 bridgehead atoms. The fourth-order valence-corrected chi connectivity index (χ4v) is 6.72. The monoisotopic (exact) mass is 661 g/mol. The largest absolute Gasteiger partial charge is 0.497 e.